The van der Waals surface area contributed by atoms with Crippen LogP contribution in [0.5, 0.6) is 0 Å². The van der Waals surface area contributed by atoms with Gasteiger partial charge in [-0.15, -0.1) is 6.42 Å². The molecule has 1 aromatic heterocycles. The molecular weight excluding hydrogens is 332 g/mol. The van der Waals surface area contributed by atoms with Crippen molar-refractivity contribution in [3.63, 3.8) is 0 Å². The fourth-order valence-electron chi connectivity index (χ4n) is 3.76. The maximum atomic E-state index is 11.4. The SMILES string of the molecule is C#CC(=O)c1ccc(C#Cc2ccc3c(c2)CCN(C2CCC2)CC3)nc1. The Balaban J connectivity index is 1.47. The van der Waals surface area contributed by atoms with E-state index in [0.29, 0.717) is 11.3 Å². The molecule has 2 aliphatic rings. The zero-order valence-corrected chi connectivity index (χ0v) is 15.4. The summed E-state index contributed by atoms with van der Waals surface area (Å²) >= 11 is 0. The maximum absolute atomic E-state index is 11.4. The van der Waals surface area contributed by atoms with Crippen molar-refractivity contribution >= 4 is 5.78 Å². The first-order valence-corrected chi connectivity index (χ1v) is 9.58. The Hall–Kier alpha value is -2.88. The van der Waals surface area contributed by atoms with Gasteiger partial charge in [-0.3, -0.25) is 9.69 Å². The molecule has 0 atom stereocenters. The number of rotatable bonds is 2. The van der Waals surface area contributed by atoms with E-state index in [9.17, 15) is 4.79 Å². The third-order valence-electron chi connectivity index (χ3n) is 5.63. The normalized spacial score (nSPS) is 16.9. The molecule has 4 rings (SSSR count). The molecule has 1 aromatic carbocycles. The van der Waals surface area contributed by atoms with Gasteiger partial charge < -0.3 is 0 Å². The Kier molecular flexibility index (Phi) is 5.05. The number of aromatic nitrogens is 1. The summed E-state index contributed by atoms with van der Waals surface area (Å²) in [5, 5.41) is 0. The van der Waals surface area contributed by atoms with Crippen LogP contribution >= 0.6 is 0 Å². The van der Waals surface area contributed by atoms with E-state index in [1.807, 2.05) is 0 Å². The lowest BCUT2D eigenvalue weighted by molar-refractivity contribution is 0.105. The molecule has 134 valence electrons. The molecule has 1 fully saturated rings. The lowest BCUT2D eigenvalue weighted by Gasteiger charge is -2.36. The smallest absolute Gasteiger partial charge is 0.237 e. The van der Waals surface area contributed by atoms with Crippen molar-refractivity contribution in [2.24, 2.45) is 0 Å². The molecule has 27 heavy (non-hydrogen) atoms. The number of carbonyl (C=O) groups is 1. The fraction of sp³-hybridized carbons (Fsp3) is 0.333. The Morgan fingerprint density at radius 3 is 2.56 bits per heavy atom. The van der Waals surface area contributed by atoms with Crippen molar-refractivity contribution in [1.29, 1.82) is 0 Å². The van der Waals surface area contributed by atoms with Gasteiger partial charge in [0.05, 0.1) is 0 Å². The van der Waals surface area contributed by atoms with Gasteiger partial charge in [-0.1, -0.05) is 18.4 Å². The van der Waals surface area contributed by atoms with Crippen LogP contribution in [0.2, 0.25) is 0 Å². The van der Waals surface area contributed by atoms with Gasteiger partial charge in [0.25, 0.3) is 0 Å². The van der Waals surface area contributed by atoms with Gasteiger partial charge in [0, 0.05) is 36.5 Å². The van der Waals surface area contributed by atoms with Gasteiger partial charge in [-0.25, -0.2) is 4.98 Å². The Morgan fingerprint density at radius 2 is 1.89 bits per heavy atom. The first-order chi connectivity index (χ1) is 13.2. The molecular formula is C24H22N2O. The van der Waals surface area contributed by atoms with E-state index < -0.39 is 0 Å². The minimum absolute atomic E-state index is 0.358. The van der Waals surface area contributed by atoms with Gasteiger partial charge >= 0.3 is 0 Å². The zero-order chi connectivity index (χ0) is 18.6. The highest BCUT2D eigenvalue weighted by atomic mass is 16.1. The van der Waals surface area contributed by atoms with Crippen LogP contribution in [0.25, 0.3) is 0 Å². The third-order valence-corrected chi connectivity index (χ3v) is 5.63. The summed E-state index contributed by atoms with van der Waals surface area (Å²) in [7, 11) is 0. The molecule has 2 aromatic rings. The first-order valence-electron chi connectivity index (χ1n) is 9.58. The molecule has 0 radical (unpaired) electrons. The summed E-state index contributed by atoms with van der Waals surface area (Å²) in [4.78, 5) is 18.3. The Bertz CT molecular complexity index is 953. The van der Waals surface area contributed by atoms with E-state index in [0.717, 1.165) is 31.0 Å². The molecule has 0 bridgehead atoms. The summed E-state index contributed by atoms with van der Waals surface area (Å²) < 4.78 is 0. The largest absolute Gasteiger partial charge is 0.300 e. The van der Waals surface area contributed by atoms with E-state index >= 15 is 0 Å². The predicted octanol–water partition coefficient (Wildman–Crippen LogP) is 3.25. The Labute approximate surface area is 160 Å². The summed E-state index contributed by atoms with van der Waals surface area (Å²) in [6.07, 6.45) is 13.0. The van der Waals surface area contributed by atoms with Gasteiger partial charge in [-0.05, 0) is 72.9 Å². The van der Waals surface area contributed by atoms with Crippen LogP contribution in [0.3, 0.4) is 0 Å². The van der Waals surface area contributed by atoms with E-state index in [4.69, 9.17) is 6.42 Å². The molecule has 3 nitrogen and oxygen atoms in total. The highest BCUT2D eigenvalue weighted by Crippen LogP contribution is 2.27. The van der Waals surface area contributed by atoms with Crippen LogP contribution in [0.4, 0.5) is 0 Å². The second-order valence-corrected chi connectivity index (χ2v) is 7.26. The minimum Gasteiger partial charge on any atom is -0.300 e. The Morgan fingerprint density at radius 1 is 1.07 bits per heavy atom. The van der Waals surface area contributed by atoms with Gasteiger partial charge in [0.2, 0.25) is 5.78 Å². The number of Topliss-reactive ketones (excluding diaryl/α,β-unsaturated/α-hetero) is 1. The van der Waals surface area contributed by atoms with Gasteiger partial charge in [0.15, 0.2) is 0 Å². The molecule has 0 spiro atoms. The number of terminal acetylenes is 1. The lowest BCUT2D eigenvalue weighted by Crippen LogP contribution is -2.41. The van der Waals surface area contributed by atoms with Crippen molar-refractivity contribution in [3.8, 4) is 24.2 Å². The van der Waals surface area contributed by atoms with Crippen molar-refractivity contribution in [2.75, 3.05) is 13.1 Å². The number of hydrogen-bond donors (Lipinski definition) is 0. The van der Waals surface area contributed by atoms with Crippen molar-refractivity contribution in [3.05, 3.63) is 64.5 Å². The lowest BCUT2D eigenvalue weighted by atomic mass is 9.91. The topological polar surface area (TPSA) is 33.2 Å². The first kappa shape index (κ1) is 17.5. The minimum atomic E-state index is -0.358. The summed E-state index contributed by atoms with van der Waals surface area (Å²) in [5.74, 6) is 8.01. The number of nitrogens with zero attached hydrogens (tertiary/aromatic N) is 2. The van der Waals surface area contributed by atoms with Crippen LogP contribution in [-0.4, -0.2) is 34.8 Å². The molecule has 0 N–H and O–H groups in total. The van der Waals surface area contributed by atoms with Gasteiger partial charge in [0.1, 0.15) is 5.69 Å². The second-order valence-electron chi connectivity index (χ2n) is 7.26. The number of fused-ring (bicyclic) bond motifs is 1. The number of pyridine rings is 1. The average Bonchev–Trinajstić information content (AvgIpc) is 2.87. The van der Waals surface area contributed by atoms with Crippen LogP contribution in [0.1, 0.15) is 52.0 Å². The molecule has 0 saturated heterocycles. The molecule has 1 aliphatic heterocycles. The number of ketones is 1. The second kappa shape index (κ2) is 7.78. The van der Waals surface area contributed by atoms with Crippen molar-refractivity contribution in [1.82, 2.24) is 9.88 Å². The standard InChI is InChI=1S/C24H22N2O/c1-2-24(27)21-9-11-22(25-17-21)10-7-18-6-8-19-12-14-26(23-4-3-5-23)15-13-20(19)16-18/h1,6,8-9,11,16-17,23H,3-5,12-15H2. The molecule has 0 unspecified atom stereocenters. The monoisotopic (exact) mass is 354 g/mol. The van der Waals surface area contributed by atoms with Crippen LogP contribution in [0.15, 0.2) is 36.5 Å². The number of hydrogen-bond acceptors (Lipinski definition) is 3. The van der Waals surface area contributed by atoms with Crippen molar-refractivity contribution < 1.29 is 4.79 Å². The number of benzene rings is 1. The zero-order valence-electron chi connectivity index (χ0n) is 15.4. The summed E-state index contributed by atoms with van der Waals surface area (Å²) in [6.45, 7) is 2.33. The van der Waals surface area contributed by atoms with Crippen molar-refractivity contribution in [2.45, 2.75) is 38.1 Å². The van der Waals surface area contributed by atoms with E-state index in [1.54, 1.807) is 12.1 Å². The third kappa shape index (κ3) is 3.95. The highest BCUT2D eigenvalue weighted by molar-refractivity contribution is 6.08. The summed E-state index contributed by atoms with van der Waals surface area (Å²) in [6, 6.07) is 10.8. The molecule has 1 aliphatic carbocycles. The average molecular weight is 354 g/mol. The molecule has 3 heteroatoms. The van der Waals surface area contributed by atoms with Crippen LogP contribution < -0.4 is 0 Å². The molecule has 1 saturated carbocycles. The summed E-state index contributed by atoms with van der Waals surface area (Å²) in [5.41, 5.74) is 4.94. The molecule has 0 amide bonds. The number of carbonyl (C=O) groups excluding carboxylic acids is 1. The fourth-order valence-corrected chi connectivity index (χ4v) is 3.76. The van der Waals surface area contributed by atoms with E-state index in [-0.39, 0.29) is 5.78 Å². The maximum Gasteiger partial charge on any atom is 0.237 e. The predicted molar refractivity (Wildman–Crippen MR) is 106 cm³/mol. The van der Waals surface area contributed by atoms with E-state index in [1.165, 1.54) is 43.1 Å². The quantitative estimate of drug-likeness (QED) is 0.472. The highest BCUT2D eigenvalue weighted by Gasteiger charge is 2.26. The van der Waals surface area contributed by atoms with Crippen LogP contribution in [-0.2, 0) is 12.8 Å². The van der Waals surface area contributed by atoms with E-state index in [2.05, 4.69) is 45.8 Å². The van der Waals surface area contributed by atoms with Gasteiger partial charge in [-0.2, -0.15) is 0 Å². The molecule has 2 heterocycles. The van der Waals surface area contributed by atoms with Crippen LogP contribution in [0, 0.1) is 24.2 Å².